The summed E-state index contributed by atoms with van der Waals surface area (Å²) in [7, 11) is 0. The Morgan fingerprint density at radius 3 is 2.81 bits per heavy atom. The number of benzene rings is 1. The van der Waals surface area contributed by atoms with E-state index in [1.54, 1.807) is 38.1 Å². The molecule has 0 spiro atoms. The molecule has 1 aromatic carbocycles. The summed E-state index contributed by atoms with van der Waals surface area (Å²) in [5.41, 5.74) is -1.03. The monoisotopic (exact) mass is 407 g/mol. The zero-order valence-corrected chi connectivity index (χ0v) is 17.6. The van der Waals surface area contributed by atoms with E-state index in [2.05, 4.69) is 22.1 Å². The van der Waals surface area contributed by atoms with E-state index in [0.717, 1.165) is 18.0 Å². The van der Waals surface area contributed by atoms with Crippen LogP contribution in [0.3, 0.4) is 0 Å². The molecule has 2 aromatic rings. The Morgan fingerprint density at radius 1 is 1.37 bits per heavy atom. The lowest BCUT2D eigenvalue weighted by Gasteiger charge is -2.32. The van der Waals surface area contributed by atoms with Crippen molar-refractivity contribution in [1.29, 1.82) is 0 Å². The fourth-order valence-corrected chi connectivity index (χ4v) is 4.08. The molecule has 1 aliphatic heterocycles. The van der Waals surface area contributed by atoms with E-state index < -0.39 is 5.60 Å². The van der Waals surface area contributed by atoms with Crippen LogP contribution in [0.1, 0.15) is 44.9 Å². The van der Waals surface area contributed by atoms with Gasteiger partial charge in [0.05, 0.1) is 0 Å². The number of rotatable bonds is 6. The Kier molecular flexibility index (Phi) is 6.40. The third-order valence-corrected chi connectivity index (χ3v) is 5.96. The highest BCUT2D eigenvalue weighted by Gasteiger charge is 2.31. The maximum Gasteiger partial charge on any atom is 0.269 e. The quantitative estimate of drug-likeness (QED) is 0.734. The second-order valence-corrected chi connectivity index (χ2v) is 9.02. The smallest absolute Gasteiger partial charge is 0.269 e. The molecule has 5 nitrogen and oxygen atoms in total. The predicted molar refractivity (Wildman–Crippen MR) is 111 cm³/mol. The Balaban J connectivity index is 1.58. The number of halogens is 1. The summed E-state index contributed by atoms with van der Waals surface area (Å²) < 4.78 is 5.83. The van der Waals surface area contributed by atoms with Gasteiger partial charge in [-0.2, -0.15) is 0 Å². The number of amides is 1. The van der Waals surface area contributed by atoms with Gasteiger partial charge >= 0.3 is 0 Å². The Hall–Kier alpha value is -1.63. The van der Waals surface area contributed by atoms with Crippen molar-refractivity contribution in [3.63, 3.8) is 0 Å². The highest BCUT2D eigenvalue weighted by molar-refractivity contribution is 7.15. The first kappa shape index (κ1) is 20.1. The van der Waals surface area contributed by atoms with Gasteiger partial charge in [-0.25, -0.2) is 4.98 Å². The van der Waals surface area contributed by atoms with E-state index in [0.29, 0.717) is 21.9 Å². The van der Waals surface area contributed by atoms with Crippen molar-refractivity contribution in [2.75, 3.05) is 11.9 Å². The van der Waals surface area contributed by atoms with Gasteiger partial charge in [0, 0.05) is 28.7 Å². The molecule has 3 rings (SSSR count). The lowest BCUT2D eigenvalue weighted by molar-refractivity contribution is -0.128. The first-order chi connectivity index (χ1) is 12.8. The first-order valence-corrected chi connectivity index (χ1v) is 10.5. The summed E-state index contributed by atoms with van der Waals surface area (Å²) in [6, 6.07) is 7.57. The average molecular weight is 408 g/mol. The van der Waals surface area contributed by atoms with Crippen LogP contribution in [-0.4, -0.2) is 34.0 Å². The molecule has 0 saturated carbocycles. The number of carbonyl (C=O) groups is 1. The average Bonchev–Trinajstić information content (AvgIpc) is 3.06. The van der Waals surface area contributed by atoms with E-state index in [1.165, 1.54) is 30.6 Å². The molecular formula is C20H26ClN3O2S. The number of nitrogens with zero attached hydrogens (tertiary/aromatic N) is 2. The van der Waals surface area contributed by atoms with Gasteiger partial charge in [0.25, 0.3) is 5.91 Å². The van der Waals surface area contributed by atoms with E-state index in [4.69, 9.17) is 16.3 Å². The molecule has 0 radical (unpaired) electrons. The van der Waals surface area contributed by atoms with Crippen molar-refractivity contribution in [2.24, 2.45) is 0 Å². The lowest BCUT2D eigenvalue weighted by Crippen LogP contribution is -2.42. The number of likely N-dealkylation sites (tertiary alicyclic amines) is 1. The summed E-state index contributed by atoms with van der Waals surface area (Å²) in [6.45, 7) is 7.77. The molecule has 2 heterocycles. The van der Waals surface area contributed by atoms with Crippen molar-refractivity contribution < 1.29 is 9.53 Å². The zero-order valence-electron chi connectivity index (χ0n) is 16.0. The normalized spacial score (nSPS) is 18.3. The maximum atomic E-state index is 12.7. The number of carbonyl (C=O) groups excluding carboxylic acids is 1. The molecule has 1 amide bonds. The molecule has 1 aromatic heterocycles. The Bertz CT molecular complexity index is 776. The van der Waals surface area contributed by atoms with E-state index in [1.807, 2.05) is 6.20 Å². The van der Waals surface area contributed by atoms with Gasteiger partial charge in [-0.15, -0.1) is 11.3 Å². The number of thiazole rings is 1. The lowest BCUT2D eigenvalue weighted by atomic mass is 10.0. The van der Waals surface area contributed by atoms with Crippen LogP contribution in [0.15, 0.2) is 30.5 Å². The van der Waals surface area contributed by atoms with Crippen LogP contribution >= 0.6 is 22.9 Å². The van der Waals surface area contributed by atoms with E-state index >= 15 is 0 Å². The van der Waals surface area contributed by atoms with Crippen molar-refractivity contribution >= 4 is 34.0 Å². The van der Waals surface area contributed by atoms with Gasteiger partial charge in [0.15, 0.2) is 10.7 Å². The standard InChI is InChI=1S/C20H26ClN3O2S/c1-14-6-4-5-11-24(14)13-17-12-22-19(27-17)23-18(25)20(2,3)26-16-9-7-15(21)8-10-16/h7-10,12,14H,4-6,11,13H2,1-3H3,(H,22,23,25). The number of hydrogen-bond acceptors (Lipinski definition) is 5. The van der Waals surface area contributed by atoms with Crippen LogP contribution in [0.2, 0.25) is 5.02 Å². The summed E-state index contributed by atoms with van der Waals surface area (Å²) in [6.07, 6.45) is 5.67. The molecule has 1 aliphatic rings. The third kappa shape index (κ3) is 5.43. The number of nitrogens with one attached hydrogen (secondary N) is 1. The number of piperidine rings is 1. The highest BCUT2D eigenvalue weighted by atomic mass is 35.5. The van der Waals surface area contributed by atoms with E-state index in [9.17, 15) is 4.79 Å². The maximum absolute atomic E-state index is 12.7. The van der Waals surface area contributed by atoms with Gasteiger partial charge < -0.3 is 4.74 Å². The summed E-state index contributed by atoms with van der Waals surface area (Å²) in [4.78, 5) is 20.7. The second kappa shape index (κ2) is 8.59. The molecule has 1 unspecified atom stereocenters. The van der Waals surface area contributed by atoms with Crippen LogP contribution in [0.5, 0.6) is 5.75 Å². The van der Waals surface area contributed by atoms with Crippen LogP contribution in [-0.2, 0) is 11.3 Å². The number of hydrogen-bond donors (Lipinski definition) is 1. The topological polar surface area (TPSA) is 54.5 Å². The summed E-state index contributed by atoms with van der Waals surface area (Å²) in [5.74, 6) is 0.364. The SMILES string of the molecule is CC1CCCCN1Cc1cnc(NC(=O)C(C)(C)Oc2ccc(Cl)cc2)s1. The number of anilines is 1. The van der Waals surface area contributed by atoms with E-state index in [-0.39, 0.29) is 5.91 Å². The fraction of sp³-hybridized carbons (Fsp3) is 0.500. The molecule has 7 heteroatoms. The van der Waals surface area contributed by atoms with Gasteiger partial charge in [-0.3, -0.25) is 15.0 Å². The zero-order chi connectivity index (χ0) is 19.4. The van der Waals surface area contributed by atoms with Gasteiger partial charge in [-0.05, 0) is 64.4 Å². The fourth-order valence-electron chi connectivity index (χ4n) is 3.12. The molecule has 1 atom stereocenters. The number of ether oxygens (including phenoxy) is 1. The van der Waals surface area contributed by atoms with Crippen molar-refractivity contribution in [3.8, 4) is 5.75 Å². The minimum absolute atomic E-state index is 0.232. The first-order valence-electron chi connectivity index (χ1n) is 9.28. The van der Waals surface area contributed by atoms with Gasteiger partial charge in [0.2, 0.25) is 0 Å². The molecule has 0 bridgehead atoms. The van der Waals surface area contributed by atoms with Crippen LogP contribution in [0.4, 0.5) is 5.13 Å². The molecule has 0 aliphatic carbocycles. The predicted octanol–water partition coefficient (Wildman–Crippen LogP) is 4.97. The van der Waals surface area contributed by atoms with Crippen LogP contribution in [0.25, 0.3) is 0 Å². The van der Waals surface area contributed by atoms with Crippen LogP contribution < -0.4 is 10.1 Å². The van der Waals surface area contributed by atoms with Crippen molar-refractivity contribution in [2.45, 2.75) is 58.2 Å². The summed E-state index contributed by atoms with van der Waals surface area (Å²) >= 11 is 7.41. The van der Waals surface area contributed by atoms with Gasteiger partial charge in [-0.1, -0.05) is 18.0 Å². The molecule has 1 saturated heterocycles. The Labute approximate surface area is 169 Å². The molecular weight excluding hydrogens is 382 g/mol. The van der Waals surface area contributed by atoms with Gasteiger partial charge in [0.1, 0.15) is 5.75 Å². The molecule has 1 N–H and O–H groups in total. The van der Waals surface area contributed by atoms with Crippen molar-refractivity contribution in [1.82, 2.24) is 9.88 Å². The van der Waals surface area contributed by atoms with Crippen molar-refractivity contribution in [3.05, 3.63) is 40.4 Å². The summed E-state index contributed by atoms with van der Waals surface area (Å²) in [5, 5.41) is 4.11. The minimum atomic E-state index is -1.03. The highest BCUT2D eigenvalue weighted by Crippen LogP contribution is 2.26. The van der Waals surface area contributed by atoms with Crippen LogP contribution in [0, 0.1) is 0 Å². The Morgan fingerprint density at radius 2 is 2.11 bits per heavy atom. The number of aromatic nitrogens is 1. The second-order valence-electron chi connectivity index (χ2n) is 7.47. The molecule has 146 valence electrons. The largest absolute Gasteiger partial charge is 0.478 e. The third-order valence-electron chi connectivity index (χ3n) is 4.81. The minimum Gasteiger partial charge on any atom is -0.478 e. The molecule has 1 fully saturated rings. The molecule has 27 heavy (non-hydrogen) atoms.